The van der Waals surface area contributed by atoms with Crippen LogP contribution in [0.4, 0.5) is 5.69 Å². The van der Waals surface area contributed by atoms with Crippen LogP contribution in [0.1, 0.15) is 32.6 Å². The van der Waals surface area contributed by atoms with Crippen LogP contribution >= 0.6 is 15.9 Å². The average Bonchev–Trinajstić information content (AvgIpc) is 2.87. The normalized spacial score (nSPS) is 17.2. The molecule has 0 spiro atoms. The van der Waals surface area contributed by atoms with Crippen LogP contribution in [-0.2, 0) is 4.79 Å². The molecule has 1 aliphatic rings. The highest BCUT2D eigenvalue weighted by Crippen LogP contribution is 2.31. The number of hydrogen-bond acceptors (Lipinski definition) is 3. The summed E-state index contributed by atoms with van der Waals surface area (Å²) < 4.78 is 6.35. The highest BCUT2D eigenvalue weighted by Gasteiger charge is 2.22. The molecule has 4 nitrogen and oxygen atoms in total. The summed E-state index contributed by atoms with van der Waals surface area (Å²) in [6.07, 6.45) is 4.00. The number of benzene rings is 1. The maximum atomic E-state index is 12.0. The van der Waals surface area contributed by atoms with Crippen molar-refractivity contribution in [2.24, 2.45) is 0 Å². The van der Waals surface area contributed by atoms with E-state index in [2.05, 4.69) is 21.2 Å². The Labute approximate surface area is 121 Å². The zero-order valence-electron chi connectivity index (χ0n) is 11.0. The van der Waals surface area contributed by atoms with Gasteiger partial charge in [0.25, 0.3) is 5.91 Å². The van der Waals surface area contributed by atoms with Gasteiger partial charge in [-0.1, -0.05) is 18.9 Å². The second kappa shape index (κ2) is 6.28. The number of nitrogens with two attached hydrogens (primary N) is 1. The van der Waals surface area contributed by atoms with E-state index in [1.807, 2.05) is 0 Å². The molecule has 0 heterocycles. The number of rotatable bonds is 4. The Balaban J connectivity index is 1.94. The molecule has 1 aromatic carbocycles. The van der Waals surface area contributed by atoms with Crippen LogP contribution < -0.4 is 15.8 Å². The van der Waals surface area contributed by atoms with E-state index >= 15 is 0 Å². The van der Waals surface area contributed by atoms with Crippen molar-refractivity contribution in [1.29, 1.82) is 0 Å². The van der Waals surface area contributed by atoms with E-state index in [1.54, 1.807) is 25.1 Å². The monoisotopic (exact) mass is 326 g/mol. The van der Waals surface area contributed by atoms with E-state index in [-0.39, 0.29) is 5.91 Å². The van der Waals surface area contributed by atoms with Crippen molar-refractivity contribution in [1.82, 2.24) is 5.32 Å². The Morgan fingerprint density at radius 3 is 2.84 bits per heavy atom. The molecule has 0 radical (unpaired) electrons. The molecule has 1 aromatic rings. The molecule has 1 unspecified atom stereocenters. The molecule has 104 valence electrons. The third kappa shape index (κ3) is 3.62. The zero-order chi connectivity index (χ0) is 13.8. The molecular weight excluding hydrogens is 308 g/mol. The topological polar surface area (TPSA) is 64.3 Å². The fourth-order valence-electron chi connectivity index (χ4n) is 2.25. The molecule has 2 rings (SSSR count). The van der Waals surface area contributed by atoms with Crippen LogP contribution in [0.5, 0.6) is 5.75 Å². The Morgan fingerprint density at radius 2 is 2.16 bits per heavy atom. The van der Waals surface area contributed by atoms with Crippen LogP contribution in [0.3, 0.4) is 0 Å². The molecule has 1 saturated carbocycles. The summed E-state index contributed by atoms with van der Waals surface area (Å²) in [6.45, 7) is 1.75. The number of hydrogen-bond donors (Lipinski definition) is 2. The molecule has 0 saturated heterocycles. The van der Waals surface area contributed by atoms with Gasteiger partial charge < -0.3 is 15.8 Å². The Kier molecular flexibility index (Phi) is 4.69. The van der Waals surface area contributed by atoms with Crippen molar-refractivity contribution in [3.05, 3.63) is 22.7 Å². The SMILES string of the molecule is CC(Oc1cccc(N)c1Br)C(=O)NC1CCCC1. The number of carbonyl (C=O) groups excluding carboxylic acids is 1. The first-order valence-electron chi connectivity index (χ1n) is 6.59. The lowest BCUT2D eigenvalue weighted by Crippen LogP contribution is -2.41. The predicted octanol–water partition coefficient (Wildman–Crippen LogP) is 2.86. The van der Waals surface area contributed by atoms with Gasteiger partial charge in [0.2, 0.25) is 0 Å². The Morgan fingerprint density at radius 1 is 1.47 bits per heavy atom. The van der Waals surface area contributed by atoms with Gasteiger partial charge >= 0.3 is 0 Å². The fraction of sp³-hybridized carbons (Fsp3) is 0.500. The summed E-state index contributed by atoms with van der Waals surface area (Å²) in [7, 11) is 0. The third-order valence-electron chi connectivity index (χ3n) is 3.37. The van der Waals surface area contributed by atoms with E-state index in [9.17, 15) is 4.79 Å². The quantitative estimate of drug-likeness (QED) is 0.836. The maximum Gasteiger partial charge on any atom is 0.260 e. The summed E-state index contributed by atoms with van der Waals surface area (Å²) in [5, 5.41) is 3.02. The van der Waals surface area contributed by atoms with Crippen LogP contribution in [0.15, 0.2) is 22.7 Å². The van der Waals surface area contributed by atoms with Crippen molar-refractivity contribution in [3.63, 3.8) is 0 Å². The van der Waals surface area contributed by atoms with Gasteiger partial charge in [-0.25, -0.2) is 0 Å². The molecule has 3 N–H and O–H groups in total. The van der Waals surface area contributed by atoms with Gasteiger partial charge in [-0.05, 0) is 47.8 Å². The lowest BCUT2D eigenvalue weighted by atomic mass is 10.2. The van der Waals surface area contributed by atoms with Gasteiger partial charge in [-0.3, -0.25) is 4.79 Å². The molecule has 5 heteroatoms. The fourth-order valence-corrected chi connectivity index (χ4v) is 2.61. The summed E-state index contributed by atoms with van der Waals surface area (Å²) in [5.74, 6) is 0.523. The van der Waals surface area contributed by atoms with Crippen molar-refractivity contribution < 1.29 is 9.53 Å². The standard InChI is InChI=1S/C14H19BrN2O2/c1-9(14(18)17-10-5-2-3-6-10)19-12-8-4-7-11(16)13(12)15/h4,7-10H,2-3,5-6,16H2,1H3,(H,17,18). The zero-order valence-corrected chi connectivity index (χ0v) is 12.6. The molecule has 1 atom stereocenters. The minimum atomic E-state index is -0.529. The van der Waals surface area contributed by atoms with Crippen molar-refractivity contribution in [2.45, 2.75) is 44.8 Å². The smallest absolute Gasteiger partial charge is 0.260 e. The van der Waals surface area contributed by atoms with E-state index < -0.39 is 6.10 Å². The number of anilines is 1. The first-order chi connectivity index (χ1) is 9.08. The van der Waals surface area contributed by atoms with Gasteiger partial charge in [0.05, 0.1) is 4.47 Å². The lowest BCUT2D eigenvalue weighted by Gasteiger charge is -2.19. The van der Waals surface area contributed by atoms with E-state index in [0.717, 1.165) is 12.8 Å². The number of amides is 1. The van der Waals surface area contributed by atoms with Crippen LogP contribution in [0, 0.1) is 0 Å². The molecule has 1 amide bonds. The highest BCUT2D eigenvalue weighted by atomic mass is 79.9. The molecule has 19 heavy (non-hydrogen) atoms. The Hall–Kier alpha value is -1.23. The Bertz CT molecular complexity index is 459. The second-order valence-corrected chi connectivity index (χ2v) is 5.70. The second-order valence-electron chi connectivity index (χ2n) is 4.91. The minimum Gasteiger partial charge on any atom is -0.480 e. The third-order valence-corrected chi connectivity index (χ3v) is 4.22. The molecule has 1 fully saturated rings. The molecule has 0 aromatic heterocycles. The highest BCUT2D eigenvalue weighted by molar-refractivity contribution is 9.10. The van der Waals surface area contributed by atoms with E-state index in [1.165, 1.54) is 12.8 Å². The van der Waals surface area contributed by atoms with Crippen LogP contribution in [0.25, 0.3) is 0 Å². The van der Waals surface area contributed by atoms with Crippen LogP contribution in [-0.4, -0.2) is 18.1 Å². The molecule has 0 bridgehead atoms. The van der Waals surface area contributed by atoms with Crippen molar-refractivity contribution in [3.8, 4) is 5.75 Å². The summed E-state index contributed by atoms with van der Waals surface area (Å²) in [4.78, 5) is 12.0. The van der Waals surface area contributed by atoms with Crippen LogP contribution in [0.2, 0.25) is 0 Å². The number of halogens is 1. The van der Waals surface area contributed by atoms with Gasteiger partial charge in [-0.2, -0.15) is 0 Å². The first kappa shape index (κ1) is 14.2. The predicted molar refractivity (Wildman–Crippen MR) is 79.0 cm³/mol. The molecular formula is C14H19BrN2O2. The van der Waals surface area contributed by atoms with Gasteiger partial charge in [0.15, 0.2) is 6.10 Å². The number of nitrogen functional groups attached to an aromatic ring is 1. The molecule has 0 aliphatic heterocycles. The van der Waals surface area contributed by atoms with Gasteiger partial charge in [0, 0.05) is 11.7 Å². The summed E-state index contributed by atoms with van der Waals surface area (Å²) in [5.41, 5.74) is 6.38. The van der Waals surface area contributed by atoms with E-state index in [0.29, 0.717) is 22.0 Å². The molecule has 1 aliphatic carbocycles. The van der Waals surface area contributed by atoms with E-state index in [4.69, 9.17) is 10.5 Å². The lowest BCUT2D eigenvalue weighted by molar-refractivity contribution is -0.127. The summed E-state index contributed by atoms with van der Waals surface area (Å²) >= 11 is 3.36. The number of ether oxygens (including phenoxy) is 1. The largest absolute Gasteiger partial charge is 0.480 e. The van der Waals surface area contributed by atoms with Crippen molar-refractivity contribution in [2.75, 3.05) is 5.73 Å². The minimum absolute atomic E-state index is 0.0683. The number of carbonyl (C=O) groups is 1. The maximum absolute atomic E-state index is 12.0. The average molecular weight is 327 g/mol. The van der Waals surface area contributed by atoms with Gasteiger partial charge in [0.1, 0.15) is 5.75 Å². The first-order valence-corrected chi connectivity index (χ1v) is 7.38. The van der Waals surface area contributed by atoms with Crippen molar-refractivity contribution >= 4 is 27.5 Å². The summed E-state index contributed by atoms with van der Waals surface area (Å²) in [6, 6.07) is 5.68. The van der Waals surface area contributed by atoms with Gasteiger partial charge in [-0.15, -0.1) is 0 Å². The number of nitrogens with one attached hydrogen (secondary N) is 1.